The molecule has 1 aromatic heterocycles. The lowest BCUT2D eigenvalue weighted by Crippen LogP contribution is -2.26. The zero-order chi connectivity index (χ0) is 12.8. The second kappa shape index (κ2) is 3.76. The van der Waals surface area contributed by atoms with Crippen molar-refractivity contribution in [3.63, 3.8) is 0 Å². The third kappa shape index (κ3) is 2.20. The summed E-state index contributed by atoms with van der Waals surface area (Å²) in [6, 6.07) is 0.811. The molecule has 1 aliphatic heterocycles. The molecule has 0 atom stereocenters. The van der Waals surface area contributed by atoms with Gasteiger partial charge >= 0.3 is 0 Å². The Hall–Kier alpha value is -0.990. The molecule has 1 aliphatic rings. The number of aromatic nitrogens is 2. The molecule has 17 heavy (non-hydrogen) atoms. The van der Waals surface area contributed by atoms with Crippen LogP contribution < -0.4 is 4.74 Å². The van der Waals surface area contributed by atoms with Crippen molar-refractivity contribution in [1.82, 2.24) is 9.55 Å². The third-order valence-electron chi connectivity index (χ3n) is 3.11. The van der Waals surface area contributed by atoms with Crippen molar-refractivity contribution in [2.45, 2.75) is 65.3 Å². The van der Waals surface area contributed by atoms with E-state index in [0.29, 0.717) is 0 Å². The fraction of sp³-hybridized carbons (Fsp3) is 0.786. The quantitative estimate of drug-likeness (QED) is 0.691. The van der Waals surface area contributed by atoms with E-state index in [1.807, 2.05) is 0 Å². The molecule has 0 N–H and O–H groups in total. The molecule has 0 aliphatic carbocycles. The summed E-state index contributed by atoms with van der Waals surface area (Å²) in [6.45, 7) is 15.2. The Morgan fingerprint density at radius 2 is 1.71 bits per heavy atom. The summed E-state index contributed by atoms with van der Waals surface area (Å²) < 4.78 is 7.95. The summed E-state index contributed by atoms with van der Waals surface area (Å²) in [6.07, 6.45) is 1.08. The Balaban J connectivity index is 2.64. The maximum absolute atomic E-state index is 5.69. The Kier molecular flexibility index (Phi) is 2.75. The van der Waals surface area contributed by atoms with Crippen LogP contribution in [0.1, 0.15) is 59.4 Å². The summed E-state index contributed by atoms with van der Waals surface area (Å²) >= 11 is 0. The second-order valence-corrected chi connectivity index (χ2v) is 6.95. The van der Waals surface area contributed by atoms with Crippen molar-refractivity contribution in [2.24, 2.45) is 0 Å². The van der Waals surface area contributed by atoms with Gasteiger partial charge in [-0.05, 0) is 6.42 Å². The minimum atomic E-state index is 0.0658. The molecule has 0 saturated heterocycles. The molecule has 3 heteroatoms. The molecule has 0 aromatic carbocycles. The van der Waals surface area contributed by atoms with Crippen LogP contribution in [0.15, 0.2) is 0 Å². The fourth-order valence-electron chi connectivity index (χ4n) is 2.42. The van der Waals surface area contributed by atoms with Gasteiger partial charge in [0, 0.05) is 17.4 Å². The van der Waals surface area contributed by atoms with Crippen molar-refractivity contribution < 1.29 is 4.74 Å². The van der Waals surface area contributed by atoms with Crippen molar-refractivity contribution in [2.75, 3.05) is 6.61 Å². The first-order valence-electron chi connectivity index (χ1n) is 6.45. The SMILES string of the molecule is CC(C)(C)c1nc2n(c1C(C)(C)C)CCCO2. The Morgan fingerprint density at radius 3 is 2.24 bits per heavy atom. The van der Waals surface area contributed by atoms with Crippen LogP contribution >= 0.6 is 0 Å². The fourth-order valence-corrected chi connectivity index (χ4v) is 2.42. The Labute approximate surface area is 104 Å². The molecule has 0 amide bonds. The van der Waals surface area contributed by atoms with Crippen LogP contribution in [0.3, 0.4) is 0 Å². The second-order valence-electron chi connectivity index (χ2n) is 6.95. The highest BCUT2D eigenvalue weighted by molar-refractivity contribution is 5.32. The third-order valence-corrected chi connectivity index (χ3v) is 3.11. The lowest BCUT2D eigenvalue weighted by molar-refractivity contribution is 0.225. The average Bonchev–Trinajstić information content (AvgIpc) is 2.54. The van der Waals surface area contributed by atoms with Crippen LogP contribution in [-0.2, 0) is 17.4 Å². The molecule has 1 aromatic rings. The summed E-state index contributed by atoms with van der Waals surface area (Å²) in [5, 5.41) is 0. The summed E-state index contributed by atoms with van der Waals surface area (Å²) in [4.78, 5) is 4.73. The Bertz CT molecular complexity index is 419. The molecule has 2 heterocycles. The van der Waals surface area contributed by atoms with Gasteiger partial charge in [0.25, 0.3) is 6.01 Å². The summed E-state index contributed by atoms with van der Waals surface area (Å²) in [7, 11) is 0. The van der Waals surface area contributed by atoms with E-state index >= 15 is 0 Å². The van der Waals surface area contributed by atoms with Gasteiger partial charge in [-0.15, -0.1) is 0 Å². The normalized spacial score (nSPS) is 16.6. The van der Waals surface area contributed by atoms with E-state index in [4.69, 9.17) is 9.72 Å². The molecule has 0 spiro atoms. The molecule has 96 valence electrons. The molecule has 0 radical (unpaired) electrons. The highest BCUT2D eigenvalue weighted by Gasteiger charge is 2.33. The van der Waals surface area contributed by atoms with E-state index in [1.54, 1.807) is 0 Å². The van der Waals surface area contributed by atoms with Crippen LogP contribution in [-0.4, -0.2) is 16.2 Å². The van der Waals surface area contributed by atoms with E-state index in [2.05, 4.69) is 46.1 Å². The first kappa shape index (κ1) is 12.5. The minimum absolute atomic E-state index is 0.0658. The Morgan fingerprint density at radius 1 is 1.06 bits per heavy atom. The molecule has 0 fully saturated rings. The molecular weight excluding hydrogens is 212 g/mol. The maximum Gasteiger partial charge on any atom is 0.296 e. The van der Waals surface area contributed by atoms with Gasteiger partial charge in [-0.25, -0.2) is 0 Å². The van der Waals surface area contributed by atoms with E-state index in [0.717, 1.165) is 25.6 Å². The monoisotopic (exact) mass is 236 g/mol. The van der Waals surface area contributed by atoms with E-state index in [1.165, 1.54) is 11.4 Å². The zero-order valence-electron chi connectivity index (χ0n) is 11.9. The van der Waals surface area contributed by atoms with Gasteiger partial charge in [0.1, 0.15) is 0 Å². The lowest BCUT2D eigenvalue weighted by Gasteiger charge is -2.28. The first-order chi connectivity index (χ1) is 7.71. The molecule has 0 saturated carbocycles. The first-order valence-corrected chi connectivity index (χ1v) is 6.45. The van der Waals surface area contributed by atoms with Crippen molar-refractivity contribution in [3.05, 3.63) is 11.4 Å². The molecule has 3 nitrogen and oxygen atoms in total. The maximum atomic E-state index is 5.69. The van der Waals surface area contributed by atoms with Gasteiger partial charge in [-0.3, -0.25) is 4.57 Å². The topological polar surface area (TPSA) is 27.1 Å². The van der Waals surface area contributed by atoms with E-state index in [-0.39, 0.29) is 10.8 Å². The van der Waals surface area contributed by atoms with Gasteiger partial charge in [0.05, 0.1) is 18.0 Å². The number of hydrogen-bond donors (Lipinski definition) is 0. The van der Waals surface area contributed by atoms with Crippen LogP contribution in [0.2, 0.25) is 0 Å². The van der Waals surface area contributed by atoms with Crippen molar-refractivity contribution in [3.8, 4) is 6.01 Å². The van der Waals surface area contributed by atoms with Crippen molar-refractivity contribution >= 4 is 0 Å². The highest BCUT2D eigenvalue weighted by atomic mass is 16.5. The number of ether oxygens (including phenoxy) is 1. The van der Waals surface area contributed by atoms with Gasteiger partial charge in [0.2, 0.25) is 0 Å². The number of nitrogens with zero attached hydrogens (tertiary/aromatic N) is 2. The van der Waals surface area contributed by atoms with Gasteiger partial charge in [0.15, 0.2) is 0 Å². The predicted octanol–water partition coefficient (Wildman–Crippen LogP) is 3.26. The van der Waals surface area contributed by atoms with Crippen LogP contribution in [0.25, 0.3) is 0 Å². The smallest absolute Gasteiger partial charge is 0.296 e. The van der Waals surface area contributed by atoms with Gasteiger partial charge < -0.3 is 4.74 Å². The average molecular weight is 236 g/mol. The molecular formula is C14H24N2O. The van der Waals surface area contributed by atoms with Crippen LogP contribution in [0, 0.1) is 0 Å². The number of hydrogen-bond acceptors (Lipinski definition) is 2. The van der Waals surface area contributed by atoms with Gasteiger partial charge in [-0.1, -0.05) is 41.5 Å². The number of imidazole rings is 1. The highest BCUT2D eigenvalue weighted by Crippen LogP contribution is 2.37. The summed E-state index contributed by atoms with van der Waals surface area (Å²) in [5.74, 6) is 0. The van der Waals surface area contributed by atoms with Crippen LogP contribution in [0.4, 0.5) is 0 Å². The minimum Gasteiger partial charge on any atom is -0.465 e. The lowest BCUT2D eigenvalue weighted by atomic mass is 9.82. The van der Waals surface area contributed by atoms with Crippen LogP contribution in [0.5, 0.6) is 6.01 Å². The zero-order valence-corrected chi connectivity index (χ0v) is 11.9. The largest absolute Gasteiger partial charge is 0.465 e. The molecule has 0 bridgehead atoms. The van der Waals surface area contributed by atoms with E-state index < -0.39 is 0 Å². The number of rotatable bonds is 0. The number of fused-ring (bicyclic) bond motifs is 1. The summed E-state index contributed by atoms with van der Waals surface area (Å²) in [5.41, 5.74) is 2.69. The van der Waals surface area contributed by atoms with Crippen molar-refractivity contribution in [1.29, 1.82) is 0 Å². The molecule has 0 unspecified atom stereocenters. The predicted molar refractivity (Wildman–Crippen MR) is 69.7 cm³/mol. The van der Waals surface area contributed by atoms with E-state index in [9.17, 15) is 0 Å². The molecule has 2 rings (SSSR count). The van der Waals surface area contributed by atoms with Gasteiger partial charge in [-0.2, -0.15) is 4.98 Å². The standard InChI is InChI=1S/C14H24N2O/c1-13(2,3)10-11(14(4,5)6)16-8-7-9-17-12(16)15-10/h7-9H2,1-6H3.